The summed E-state index contributed by atoms with van der Waals surface area (Å²) in [4.78, 5) is 36.9. The zero-order chi connectivity index (χ0) is 22.1. The largest absolute Gasteiger partial charge is 0.301 e. The van der Waals surface area contributed by atoms with Gasteiger partial charge in [0.2, 0.25) is 5.91 Å². The van der Waals surface area contributed by atoms with Crippen molar-refractivity contribution >= 4 is 67.0 Å². The molecule has 0 aliphatic rings. The highest BCUT2D eigenvalue weighted by molar-refractivity contribution is 7.99. The monoisotopic (exact) mass is 496 g/mol. The standard InChI is InChI=1S/C22H16N4O2S4/c1-13-10-31-21(23-13)24-17(27)12-32-22-25-19-18(15(11-30-19)16-8-5-9-29-16)20(28)26(22)14-6-3-2-4-7-14/h2-11H,12H2,1H3,(H,23,24,27). The van der Waals surface area contributed by atoms with Gasteiger partial charge in [-0.2, -0.15) is 0 Å². The first kappa shape index (κ1) is 21.1. The summed E-state index contributed by atoms with van der Waals surface area (Å²) in [5.41, 5.74) is 2.34. The number of nitrogens with one attached hydrogen (secondary N) is 1. The van der Waals surface area contributed by atoms with Crippen molar-refractivity contribution in [2.24, 2.45) is 0 Å². The number of rotatable bonds is 6. The molecule has 0 fully saturated rings. The molecule has 5 aromatic rings. The van der Waals surface area contributed by atoms with Gasteiger partial charge in [-0.25, -0.2) is 9.97 Å². The predicted octanol–water partition coefficient (Wildman–Crippen LogP) is 5.67. The number of thioether (sulfide) groups is 1. The van der Waals surface area contributed by atoms with E-state index < -0.39 is 0 Å². The van der Waals surface area contributed by atoms with E-state index in [1.54, 1.807) is 15.9 Å². The Hall–Kier alpha value is -2.79. The Morgan fingerprint density at radius 3 is 2.62 bits per heavy atom. The van der Waals surface area contributed by atoms with Crippen LogP contribution < -0.4 is 10.9 Å². The summed E-state index contributed by atoms with van der Waals surface area (Å²) in [7, 11) is 0. The number of aromatic nitrogens is 3. The van der Waals surface area contributed by atoms with Crippen molar-refractivity contribution < 1.29 is 4.79 Å². The van der Waals surface area contributed by atoms with Gasteiger partial charge in [0.15, 0.2) is 10.3 Å². The summed E-state index contributed by atoms with van der Waals surface area (Å²) in [5, 5.41) is 10.3. The quantitative estimate of drug-likeness (QED) is 0.242. The van der Waals surface area contributed by atoms with Crippen LogP contribution in [0, 0.1) is 6.92 Å². The van der Waals surface area contributed by atoms with Gasteiger partial charge in [-0.3, -0.25) is 14.2 Å². The third-order valence-corrected chi connectivity index (χ3v) is 8.17. The molecule has 0 aliphatic heterocycles. The second kappa shape index (κ2) is 8.99. The number of nitrogens with zero attached hydrogens (tertiary/aromatic N) is 3. The molecule has 1 amide bonds. The number of benzene rings is 1. The Bertz CT molecular complexity index is 1450. The molecule has 0 unspecified atom stereocenters. The van der Waals surface area contributed by atoms with E-state index in [2.05, 4.69) is 10.3 Å². The minimum absolute atomic E-state index is 0.118. The maximum absolute atomic E-state index is 13.7. The number of thiazole rings is 1. The third kappa shape index (κ3) is 4.14. The van der Waals surface area contributed by atoms with Gasteiger partial charge in [-0.15, -0.1) is 34.0 Å². The molecule has 5 rings (SSSR count). The molecule has 32 heavy (non-hydrogen) atoms. The van der Waals surface area contributed by atoms with E-state index in [-0.39, 0.29) is 17.2 Å². The van der Waals surface area contributed by atoms with Crippen LogP contribution in [-0.2, 0) is 4.79 Å². The normalized spacial score (nSPS) is 11.2. The second-order valence-electron chi connectivity index (χ2n) is 6.81. The molecule has 1 N–H and O–H groups in total. The molecule has 0 spiro atoms. The van der Waals surface area contributed by atoms with Crippen molar-refractivity contribution in [2.45, 2.75) is 12.1 Å². The van der Waals surface area contributed by atoms with Gasteiger partial charge >= 0.3 is 0 Å². The number of carbonyl (C=O) groups is 1. The Balaban J connectivity index is 1.54. The number of hydrogen-bond donors (Lipinski definition) is 1. The summed E-state index contributed by atoms with van der Waals surface area (Å²) >= 11 is 5.66. The van der Waals surface area contributed by atoms with Crippen LogP contribution >= 0.6 is 45.8 Å². The van der Waals surface area contributed by atoms with E-state index in [9.17, 15) is 9.59 Å². The fourth-order valence-corrected chi connectivity index (χ4v) is 6.50. The zero-order valence-corrected chi connectivity index (χ0v) is 20.0. The van der Waals surface area contributed by atoms with Crippen molar-refractivity contribution in [3.63, 3.8) is 0 Å². The van der Waals surface area contributed by atoms with Crippen molar-refractivity contribution in [3.05, 3.63) is 74.7 Å². The molecule has 1 aromatic carbocycles. The molecule has 0 radical (unpaired) electrons. The minimum Gasteiger partial charge on any atom is -0.301 e. The third-order valence-electron chi connectivity index (χ3n) is 4.58. The summed E-state index contributed by atoms with van der Waals surface area (Å²) in [5.74, 6) is -0.0733. The smallest absolute Gasteiger partial charge is 0.268 e. The van der Waals surface area contributed by atoms with Crippen LogP contribution in [0.15, 0.2) is 68.6 Å². The van der Waals surface area contributed by atoms with Gasteiger partial charge in [-0.1, -0.05) is 36.0 Å². The molecular weight excluding hydrogens is 481 g/mol. The fraction of sp³-hybridized carbons (Fsp3) is 0.0909. The minimum atomic E-state index is -0.191. The molecule has 4 heterocycles. The number of fused-ring (bicyclic) bond motifs is 1. The molecule has 0 saturated heterocycles. The fourth-order valence-electron chi connectivity index (χ4n) is 3.18. The lowest BCUT2D eigenvalue weighted by Gasteiger charge is -2.12. The van der Waals surface area contributed by atoms with Crippen LogP contribution in [0.3, 0.4) is 0 Å². The second-order valence-corrected chi connectivity index (χ2v) is 10.4. The van der Waals surface area contributed by atoms with E-state index in [1.165, 1.54) is 34.4 Å². The molecule has 0 saturated carbocycles. The first-order chi connectivity index (χ1) is 15.6. The highest BCUT2D eigenvalue weighted by Crippen LogP contribution is 2.35. The topological polar surface area (TPSA) is 76.9 Å². The number of hydrogen-bond acceptors (Lipinski definition) is 8. The maximum atomic E-state index is 13.7. The van der Waals surface area contributed by atoms with E-state index in [4.69, 9.17) is 4.98 Å². The lowest BCUT2D eigenvalue weighted by molar-refractivity contribution is -0.113. The lowest BCUT2D eigenvalue weighted by Crippen LogP contribution is -2.22. The average molecular weight is 497 g/mol. The van der Waals surface area contributed by atoms with Gasteiger partial charge in [0, 0.05) is 21.2 Å². The van der Waals surface area contributed by atoms with Crippen molar-refractivity contribution in [1.82, 2.24) is 14.5 Å². The van der Waals surface area contributed by atoms with Gasteiger partial charge in [0.1, 0.15) is 4.83 Å². The van der Waals surface area contributed by atoms with E-state index in [1.807, 2.05) is 65.5 Å². The predicted molar refractivity (Wildman–Crippen MR) is 135 cm³/mol. The van der Waals surface area contributed by atoms with E-state index >= 15 is 0 Å². The number of thiophene rings is 2. The highest BCUT2D eigenvalue weighted by Gasteiger charge is 2.19. The van der Waals surface area contributed by atoms with Gasteiger partial charge in [0.25, 0.3) is 5.56 Å². The van der Waals surface area contributed by atoms with Crippen molar-refractivity contribution in [2.75, 3.05) is 11.1 Å². The summed E-state index contributed by atoms with van der Waals surface area (Å²) in [6.45, 7) is 1.88. The van der Waals surface area contributed by atoms with Crippen LogP contribution in [0.2, 0.25) is 0 Å². The number of para-hydroxylation sites is 1. The lowest BCUT2D eigenvalue weighted by atomic mass is 10.2. The molecule has 0 atom stereocenters. The molecule has 4 aromatic heterocycles. The number of anilines is 1. The Kier molecular flexibility index (Phi) is 5.92. The van der Waals surface area contributed by atoms with Gasteiger partial charge in [0.05, 0.1) is 22.5 Å². The van der Waals surface area contributed by atoms with Gasteiger partial charge < -0.3 is 5.32 Å². The molecule has 10 heteroatoms. The molecule has 6 nitrogen and oxygen atoms in total. The Labute approximate surface area is 199 Å². The van der Waals surface area contributed by atoms with Crippen LogP contribution in [0.25, 0.3) is 26.3 Å². The van der Waals surface area contributed by atoms with Crippen LogP contribution in [0.4, 0.5) is 5.13 Å². The SMILES string of the molecule is Cc1csc(NC(=O)CSc2nc3scc(-c4cccs4)c3c(=O)n2-c2ccccc2)n1. The van der Waals surface area contributed by atoms with Gasteiger partial charge in [-0.05, 0) is 30.5 Å². The van der Waals surface area contributed by atoms with E-state index in [0.29, 0.717) is 26.2 Å². The average Bonchev–Trinajstić information content (AvgIpc) is 3.54. The number of carbonyl (C=O) groups excluding carboxylic acids is 1. The molecule has 0 aliphatic carbocycles. The molecule has 0 bridgehead atoms. The molecule has 160 valence electrons. The Morgan fingerprint density at radius 2 is 1.91 bits per heavy atom. The first-order valence-electron chi connectivity index (χ1n) is 9.58. The summed E-state index contributed by atoms with van der Waals surface area (Å²) in [6, 6.07) is 13.4. The first-order valence-corrected chi connectivity index (χ1v) is 13.2. The molecular formula is C22H16N4O2S4. The highest BCUT2D eigenvalue weighted by atomic mass is 32.2. The summed E-state index contributed by atoms with van der Waals surface area (Å²) in [6.07, 6.45) is 0. The number of aryl methyl sites for hydroxylation is 1. The number of amides is 1. The maximum Gasteiger partial charge on any atom is 0.268 e. The van der Waals surface area contributed by atoms with Crippen LogP contribution in [-0.4, -0.2) is 26.2 Å². The van der Waals surface area contributed by atoms with Crippen LogP contribution in [0.1, 0.15) is 5.69 Å². The van der Waals surface area contributed by atoms with Crippen molar-refractivity contribution in [1.29, 1.82) is 0 Å². The Morgan fingerprint density at radius 1 is 1.06 bits per heavy atom. The van der Waals surface area contributed by atoms with Crippen molar-refractivity contribution in [3.8, 4) is 16.1 Å². The summed E-state index contributed by atoms with van der Waals surface area (Å²) < 4.78 is 1.59. The zero-order valence-electron chi connectivity index (χ0n) is 16.8. The van der Waals surface area contributed by atoms with Crippen LogP contribution in [0.5, 0.6) is 0 Å². The van der Waals surface area contributed by atoms with E-state index in [0.717, 1.165) is 16.1 Å².